The van der Waals surface area contributed by atoms with E-state index in [2.05, 4.69) is 4.98 Å². The molecule has 1 aliphatic rings. The fourth-order valence-corrected chi connectivity index (χ4v) is 3.87. The number of carbonyl (C=O) groups excluding carboxylic acids is 2. The molecule has 1 saturated heterocycles. The van der Waals surface area contributed by atoms with E-state index in [0.717, 1.165) is 24.3 Å². The molecule has 190 valence electrons. The van der Waals surface area contributed by atoms with Gasteiger partial charge in [0.05, 0.1) is 11.1 Å². The number of ether oxygens (including phenoxy) is 2. The van der Waals surface area contributed by atoms with Gasteiger partial charge in [-0.15, -0.1) is 0 Å². The number of aromatic nitrogens is 1. The van der Waals surface area contributed by atoms with Gasteiger partial charge in [-0.25, -0.2) is 0 Å². The van der Waals surface area contributed by atoms with Crippen molar-refractivity contribution < 1.29 is 45.4 Å². The minimum absolute atomic E-state index is 0.207. The Bertz CT molecular complexity index is 1270. The van der Waals surface area contributed by atoms with Crippen LogP contribution in [-0.4, -0.2) is 22.7 Å². The standard InChI is InChI=1S/C25H19F6NO4/c1-23(2)35-21(33)18(22(34)36-23)11-15-12-19(13-3-7-16(8-4-13)24(26,27)28)32-20(15)14-5-9-17(10-6-14)25(29,30)31/h3-10,12,18,32H,11H2,1-2H3. The molecule has 2 heterocycles. The number of halogens is 6. The molecule has 1 fully saturated rings. The van der Waals surface area contributed by atoms with Crippen LogP contribution in [0.3, 0.4) is 0 Å². The number of benzene rings is 2. The first-order chi connectivity index (χ1) is 16.6. The van der Waals surface area contributed by atoms with Crippen molar-refractivity contribution in [3.8, 4) is 22.5 Å². The van der Waals surface area contributed by atoms with Gasteiger partial charge in [0.25, 0.3) is 5.79 Å². The topological polar surface area (TPSA) is 68.4 Å². The van der Waals surface area contributed by atoms with Crippen LogP contribution in [0.1, 0.15) is 30.5 Å². The van der Waals surface area contributed by atoms with E-state index in [9.17, 15) is 35.9 Å². The zero-order valence-corrected chi connectivity index (χ0v) is 18.9. The zero-order chi connectivity index (χ0) is 26.5. The third-order valence-corrected chi connectivity index (χ3v) is 5.61. The Balaban J connectivity index is 1.74. The average Bonchev–Trinajstić information content (AvgIpc) is 3.18. The third-order valence-electron chi connectivity index (χ3n) is 5.61. The van der Waals surface area contributed by atoms with E-state index in [1.807, 2.05) is 0 Å². The molecule has 0 atom stereocenters. The molecule has 4 rings (SSSR count). The first-order valence-electron chi connectivity index (χ1n) is 10.7. The summed E-state index contributed by atoms with van der Waals surface area (Å²) in [6, 6.07) is 9.98. The van der Waals surface area contributed by atoms with Gasteiger partial charge in [-0.2, -0.15) is 26.3 Å². The van der Waals surface area contributed by atoms with Crippen LogP contribution >= 0.6 is 0 Å². The summed E-state index contributed by atoms with van der Waals surface area (Å²) in [6.45, 7) is 2.79. The van der Waals surface area contributed by atoms with Gasteiger partial charge >= 0.3 is 24.3 Å². The van der Waals surface area contributed by atoms with Gasteiger partial charge in [-0.1, -0.05) is 24.3 Å². The van der Waals surface area contributed by atoms with Gasteiger partial charge in [0.2, 0.25) is 0 Å². The van der Waals surface area contributed by atoms with Crippen molar-refractivity contribution in [2.75, 3.05) is 0 Å². The lowest BCUT2D eigenvalue weighted by molar-refractivity contribution is -0.239. The lowest BCUT2D eigenvalue weighted by Crippen LogP contribution is -2.46. The Hall–Kier alpha value is -3.76. The Morgan fingerprint density at radius 3 is 1.67 bits per heavy atom. The smallest absolute Gasteiger partial charge is 0.416 e. The SMILES string of the molecule is CC1(C)OC(=O)C(Cc2cc(-c3ccc(C(F)(F)F)cc3)[nH]c2-c2ccc(C(F)(F)F)cc2)C(=O)O1. The number of esters is 2. The predicted molar refractivity (Wildman–Crippen MR) is 115 cm³/mol. The number of aromatic amines is 1. The second kappa shape index (κ2) is 8.72. The minimum Gasteiger partial charge on any atom is -0.422 e. The quantitative estimate of drug-likeness (QED) is 0.251. The van der Waals surface area contributed by atoms with Crippen molar-refractivity contribution in [2.24, 2.45) is 5.92 Å². The first kappa shape index (κ1) is 25.3. The fraction of sp³-hybridized carbons (Fsp3) is 0.280. The van der Waals surface area contributed by atoms with Crippen molar-refractivity contribution in [3.05, 3.63) is 71.3 Å². The van der Waals surface area contributed by atoms with Crippen LogP contribution in [-0.2, 0) is 37.8 Å². The van der Waals surface area contributed by atoms with Crippen LogP contribution in [0.15, 0.2) is 54.6 Å². The Labute approximate surface area is 201 Å². The molecule has 0 spiro atoms. The Morgan fingerprint density at radius 2 is 1.22 bits per heavy atom. The van der Waals surface area contributed by atoms with Gasteiger partial charge in [0, 0.05) is 25.2 Å². The maximum atomic E-state index is 13.0. The van der Waals surface area contributed by atoms with Crippen molar-refractivity contribution in [1.29, 1.82) is 0 Å². The van der Waals surface area contributed by atoms with Crippen molar-refractivity contribution in [1.82, 2.24) is 4.98 Å². The van der Waals surface area contributed by atoms with Crippen LogP contribution in [0.25, 0.3) is 22.5 Å². The largest absolute Gasteiger partial charge is 0.422 e. The lowest BCUT2D eigenvalue weighted by atomic mass is 9.95. The third kappa shape index (κ3) is 5.24. The van der Waals surface area contributed by atoms with Crippen LogP contribution in [0.2, 0.25) is 0 Å². The molecule has 0 bridgehead atoms. The van der Waals surface area contributed by atoms with Gasteiger partial charge < -0.3 is 14.5 Å². The van der Waals surface area contributed by atoms with Gasteiger partial charge in [0.15, 0.2) is 5.92 Å². The summed E-state index contributed by atoms with van der Waals surface area (Å²) in [6.07, 6.45) is -9.29. The second-order valence-corrected chi connectivity index (χ2v) is 8.73. The first-order valence-corrected chi connectivity index (χ1v) is 10.7. The summed E-state index contributed by atoms with van der Waals surface area (Å²) >= 11 is 0. The van der Waals surface area contributed by atoms with Gasteiger partial charge in [-0.3, -0.25) is 9.59 Å². The molecule has 0 unspecified atom stereocenters. The summed E-state index contributed by atoms with van der Waals surface area (Å²) in [5.74, 6) is -4.42. The molecule has 3 aromatic rings. The molecule has 1 aliphatic heterocycles. The highest BCUT2D eigenvalue weighted by atomic mass is 19.4. The van der Waals surface area contributed by atoms with E-state index < -0.39 is 47.1 Å². The minimum atomic E-state index is -4.55. The number of hydrogen-bond donors (Lipinski definition) is 1. The highest BCUT2D eigenvalue weighted by molar-refractivity contribution is 5.97. The molecular formula is C25H19F6NO4. The molecule has 0 aliphatic carbocycles. The molecule has 2 aromatic carbocycles. The van der Waals surface area contributed by atoms with E-state index in [4.69, 9.17) is 9.47 Å². The number of nitrogens with one attached hydrogen (secondary N) is 1. The van der Waals surface area contributed by atoms with Crippen LogP contribution in [0.4, 0.5) is 26.3 Å². The van der Waals surface area contributed by atoms with Crippen LogP contribution in [0.5, 0.6) is 0 Å². The van der Waals surface area contributed by atoms with E-state index in [-0.39, 0.29) is 6.42 Å². The number of rotatable bonds is 4. The van der Waals surface area contributed by atoms with E-state index in [1.165, 1.54) is 44.2 Å². The molecule has 0 amide bonds. The highest BCUT2D eigenvalue weighted by Gasteiger charge is 2.43. The molecule has 11 heteroatoms. The molecule has 1 aromatic heterocycles. The van der Waals surface area contributed by atoms with E-state index >= 15 is 0 Å². The lowest BCUT2D eigenvalue weighted by Gasteiger charge is -2.32. The van der Waals surface area contributed by atoms with E-state index in [0.29, 0.717) is 28.1 Å². The van der Waals surface area contributed by atoms with Gasteiger partial charge in [0.1, 0.15) is 0 Å². The Morgan fingerprint density at radius 1 is 0.778 bits per heavy atom. The molecular weight excluding hydrogens is 492 g/mol. The molecule has 0 radical (unpaired) electrons. The summed E-state index contributed by atoms with van der Waals surface area (Å²) in [7, 11) is 0. The zero-order valence-electron chi connectivity index (χ0n) is 18.9. The maximum absolute atomic E-state index is 13.0. The molecule has 0 saturated carbocycles. The number of alkyl halides is 6. The van der Waals surface area contributed by atoms with Crippen LogP contribution in [0, 0.1) is 5.92 Å². The average molecular weight is 511 g/mol. The number of carbonyl (C=O) groups is 2. The fourth-order valence-electron chi connectivity index (χ4n) is 3.87. The summed E-state index contributed by atoms with van der Waals surface area (Å²) in [5, 5.41) is 0. The monoisotopic (exact) mass is 511 g/mol. The molecule has 36 heavy (non-hydrogen) atoms. The normalized spacial score (nSPS) is 16.6. The summed E-state index contributed by atoms with van der Waals surface area (Å²) < 4.78 is 88.1. The highest BCUT2D eigenvalue weighted by Crippen LogP contribution is 2.36. The number of cyclic esters (lactones) is 2. The predicted octanol–water partition coefficient (Wildman–Crippen LogP) is 6.38. The van der Waals surface area contributed by atoms with Crippen LogP contribution < -0.4 is 0 Å². The number of H-pyrrole nitrogens is 1. The molecule has 1 N–H and O–H groups in total. The van der Waals surface area contributed by atoms with Crippen molar-refractivity contribution in [3.63, 3.8) is 0 Å². The Kier molecular flexibility index (Phi) is 6.14. The number of hydrogen-bond acceptors (Lipinski definition) is 4. The van der Waals surface area contributed by atoms with Gasteiger partial charge in [-0.05, 0) is 53.4 Å². The van der Waals surface area contributed by atoms with Crippen molar-refractivity contribution in [2.45, 2.75) is 38.4 Å². The summed E-state index contributed by atoms with van der Waals surface area (Å²) in [5.41, 5.74) is -0.0505. The second-order valence-electron chi connectivity index (χ2n) is 8.73. The van der Waals surface area contributed by atoms with E-state index in [1.54, 1.807) is 0 Å². The maximum Gasteiger partial charge on any atom is 0.416 e. The van der Waals surface area contributed by atoms with Crippen molar-refractivity contribution >= 4 is 11.9 Å². The summed E-state index contributed by atoms with van der Waals surface area (Å²) in [4.78, 5) is 27.9. The molecule has 5 nitrogen and oxygen atoms in total.